The fraction of sp³-hybridized carbons (Fsp3) is 0.417. The highest BCUT2D eigenvalue weighted by Crippen LogP contribution is 2.33. The van der Waals surface area contributed by atoms with Gasteiger partial charge in [0.25, 0.3) is 5.91 Å². The van der Waals surface area contributed by atoms with Crippen molar-refractivity contribution in [2.45, 2.75) is 52.2 Å². The predicted octanol–water partition coefficient (Wildman–Crippen LogP) is 4.69. The Morgan fingerprint density at radius 2 is 2.00 bits per heavy atom. The standard InChI is InChI=1S/C24H28N4O3S/c1-14(2)22-12-27-24(32-22)18-7-17(8-20(9-18)31-19-5-6-30-13-19)23(29)28-16(4)21-11-25-15(3)10-26-21/h7-12,14,16,19H,5-6,13H2,1-4H3,(H,28,29)/t16-,19-/m1/s1. The molecule has 1 N–H and O–H groups in total. The topological polar surface area (TPSA) is 86.2 Å². The number of amides is 1. The molecule has 0 bridgehead atoms. The van der Waals surface area contributed by atoms with Crippen molar-refractivity contribution < 1.29 is 14.3 Å². The molecule has 0 radical (unpaired) electrons. The van der Waals surface area contributed by atoms with Gasteiger partial charge in [0.15, 0.2) is 0 Å². The van der Waals surface area contributed by atoms with E-state index in [9.17, 15) is 4.79 Å². The molecule has 3 aromatic rings. The van der Waals surface area contributed by atoms with Crippen molar-refractivity contribution in [2.75, 3.05) is 13.2 Å². The highest BCUT2D eigenvalue weighted by molar-refractivity contribution is 7.15. The molecular formula is C24H28N4O3S. The third-order valence-electron chi connectivity index (χ3n) is 5.29. The zero-order chi connectivity index (χ0) is 22.7. The Labute approximate surface area is 192 Å². The van der Waals surface area contributed by atoms with Crippen molar-refractivity contribution in [2.24, 2.45) is 0 Å². The first-order valence-electron chi connectivity index (χ1n) is 10.8. The van der Waals surface area contributed by atoms with Crippen LogP contribution < -0.4 is 10.1 Å². The minimum atomic E-state index is -0.278. The Morgan fingerprint density at radius 3 is 2.66 bits per heavy atom. The number of nitrogens with zero attached hydrogens (tertiary/aromatic N) is 3. The van der Waals surface area contributed by atoms with Crippen molar-refractivity contribution in [3.05, 3.63) is 58.6 Å². The van der Waals surface area contributed by atoms with Gasteiger partial charge >= 0.3 is 0 Å². The number of nitrogens with one attached hydrogen (secondary N) is 1. The molecule has 0 aliphatic carbocycles. The van der Waals surface area contributed by atoms with Gasteiger partial charge in [-0.05, 0) is 38.0 Å². The molecule has 168 valence electrons. The van der Waals surface area contributed by atoms with E-state index < -0.39 is 0 Å². The van der Waals surface area contributed by atoms with Gasteiger partial charge in [-0.3, -0.25) is 14.8 Å². The summed E-state index contributed by atoms with van der Waals surface area (Å²) in [5.74, 6) is 0.845. The molecular weight excluding hydrogens is 424 g/mol. The molecule has 1 amide bonds. The lowest BCUT2D eigenvalue weighted by Crippen LogP contribution is -2.27. The number of aryl methyl sites for hydroxylation is 1. The molecule has 2 aromatic heterocycles. The summed E-state index contributed by atoms with van der Waals surface area (Å²) in [5.41, 5.74) is 2.93. The van der Waals surface area contributed by atoms with Gasteiger partial charge in [0.1, 0.15) is 16.9 Å². The average molecular weight is 453 g/mol. The van der Waals surface area contributed by atoms with Crippen molar-refractivity contribution in [3.63, 3.8) is 0 Å². The van der Waals surface area contributed by atoms with Crippen molar-refractivity contribution in [1.82, 2.24) is 20.3 Å². The number of benzene rings is 1. The summed E-state index contributed by atoms with van der Waals surface area (Å²) < 4.78 is 11.6. The SMILES string of the molecule is Cc1cnc([C@@H](C)NC(=O)c2cc(O[C@@H]3CCOC3)cc(-c3ncc(C(C)C)s3)c2)cn1. The summed E-state index contributed by atoms with van der Waals surface area (Å²) in [7, 11) is 0. The first-order chi connectivity index (χ1) is 15.4. The number of carbonyl (C=O) groups excluding carboxylic acids is 1. The first-order valence-corrected chi connectivity index (χ1v) is 11.7. The lowest BCUT2D eigenvalue weighted by atomic mass is 10.1. The molecule has 7 nitrogen and oxygen atoms in total. The minimum Gasteiger partial charge on any atom is -0.488 e. The molecule has 0 unspecified atom stereocenters. The Bertz CT molecular complexity index is 1080. The number of rotatable bonds is 7. The van der Waals surface area contributed by atoms with Crippen LogP contribution in [-0.4, -0.2) is 40.2 Å². The summed E-state index contributed by atoms with van der Waals surface area (Å²) in [5, 5.41) is 3.89. The van der Waals surface area contributed by atoms with Crippen LogP contribution >= 0.6 is 11.3 Å². The average Bonchev–Trinajstić information content (AvgIpc) is 3.46. The normalized spacial score (nSPS) is 16.8. The van der Waals surface area contributed by atoms with Gasteiger partial charge in [0.2, 0.25) is 0 Å². The van der Waals surface area contributed by atoms with E-state index in [0.29, 0.717) is 36.1 Å². The predicted molar refractivity (Wildman–Crippen MR) is 124 cm³/mol. The second-order valence-electron chi connectivity index (χ2n) is 8.35. The van der Waals surface area contributed by atoms with E-state index in [1.807, 2.05) is 32.2 Å². The number of ether oxygens (including phenoxy) is 2. The number of thiazole rings is 1. The van der Waals surface area contributed by atoms with Crippen LogP contribution in [0.3, 0.4) is 0 Å². The Morgan fingerprint density at radius 1 is 1.16 bits per heavy atom. The van der Waals surface area contributed by atoms with Crippen LogP contribution in [0.2, 0.25) is 0 Å². The zero-order valence-corrected chi connectivity index (χ0v) is 19.6. The lowest BCUT2D eigenvalue weighted by Gasteiger charge is -2.16. The van der Waals surface area contributed by atoms with Crippen LogP contribution in [-0.2, 0) is 4.74 Å². The highest BCUT2D eigenvalue weighted by Gasteiger charge is 2.20. The number of aromatic nitrogens is 3. The maximum atomic E-state index is 13.1. The molecule has 8 heteroatoms. The Hall–Kier alpha value is -2.84. The second-order valence-corrected chi connectivity index (χ2v) is 9.41. The van der Waals surface area contributed by atoms with Gasteiger partial charge in [-0.1, -0.05) is 13.8 Å². The van der Waals surface area contributed by atoms with E-state index in [1.54, 1.807) is 29.8 Å². The molecule has 2 atom stereocenters. The quantitative estimate of drug-likeness (QED) is 0.560. The van der Waals surface area contributed by atoms with Gasteiger partial charge in [-0.15, -0.1) is 11.3 Å². The van der Waals surface area contributed by atoms with Crippen molar-refractivity contribution >= 4 is 17.2 Å². The van der Waals surface area contributed by atoms with Gasteiger partial charge in [0, 0.05) is 34.8 Å². The third kappa shape index (κ3) is 5.31. The number of hydrogen-bond donors (Lipinski definition) is 1. The fourth-order valence-corrected chi connectivity index (χ4v) is 4.29. The van der Waals surface area contributed by atoms with Gasteiger partial charge in [-0.25, -0.2) is 4.98 Å². The summed E-state index contributed by atoms with van der Waals surface area (Å²) >= 11 is 1.64. The largest absolute Gasteiger partial charge is 0.488 e. The molecule has 0 spiro atoms. The van der Waals surface area contributed by atoms with Crippen LogP contribution in [0.4, 0.5) is 0 Å². The lowest BCUT2D eigenvalue weighted by molar-refractivity contribution is 0.0938. The monoisotopic (exact) mass is 452 g/mol. The Balaban J connectivity index is 1.61. The molecule has 32 heavy (non-hydrogen) atoms. The van der Waals surface area contributed by atoms with Crippen molar-refractivity contribution in [3.8, 4) is 16.3 Å². The van der Waals surface area contributed by atoms with Crippen LogP contribution in [0.1, 0.15) is 65.8 Å². The maximum Gasteiger partial charge on any atom is 0.251 e. The summed E-state index contributed by atoms with van der Waals surface area (Å²) in [6.45, 7) is 9.31. The van der Waals surface area contributed by atoms with Crippen LogP contribution in [0.25, 0.3) is 10.6 Å². The maximum absolute atomic E-state index is 13.1. The molecule has 1 fully saturated rings. The molecule has 3 heterocycles. The summed E-state index contributed by atoms with van der Waals surface area (Å²) in [6.07, 6.45) is 6.12. The number of carbonyl (C=O) groups is 1. The molecule has 0 saturated carbocycles. The van der Waals surface area contributed by atoms with E-state index in [4.69, 9.17) is 9.47 Å². The highest BCUT2D eigenvalue weighted by atomic mass is 32.1. The molecule has 1 saturated heterocycles. The summed E-state index contributed by atoms with van der Waals surface area (Å²) in [4.78, 5) is 27.6. The second kappa shape index (κ2) is 9.75. The van der Waals surface area contributed by atoms with Gasteiger partial charge in [0.05, 0.1) is 36.8 Å². The first kappa shape index (κ1) is 22.4. The van der Waals surface area contributed by atoms with Gasteiger partial charge in [-0.2, -0.15) is 0 Å². The summed E-state index contributed by atoms with van der Waals surface area (Å²) in [6, 6.07) is 5.32. The number of hydrogen-bond acceptors (Lipinski definition) is 7. The van der Waals surface area contributed by atoms with Crippen molar-refractivity contribution in [1.29, 1.82) is 0 Å². The molecule has 4 rings (SSSR count). The van der Waals surface area contributed by atoms with Crippen LogP contribution in [0.5, 0.6) is 5.75 Å². The molecule has 1 aromatic carbocycles. The van der Waals surface area contributed by atoms with Crippen LogP contribution in [0.15, 0.2) is 36.8 Å². The molecule has 1 aliphatic rings. The molecule has 1 aliphatic heterocycles. The van der Waals surface area contributed by atoms with E-state index in [1.165, 1.54) is 4.88 Å². The van der Waals surface area contributed by atoms with E-state index in [0.717, 1.165) is 22.7 Å². The fourth-order valence-electron chi connectivity index (χ4n) is 3.39. The third-order valence-corrected chi connectivity index (χ3v) is 6.64. The van der Waals surface area contributed by atoms with E-state index in [-0.39, 0.29) is 18.1 Å². The smallest absolute Gasteiger partial charge is 0.251 e. The van der Waals surface area contributed by atoms with E-state index in [2.05, 4.69) is 34.1 Å². The Kier molecular flexibility index (Phi) is 6.81. The van der Waals surface area contributed by atoms with Crippen LogP contribution in [0, 0.1) is 6.92 Å². The van der Waals surface area contributed by atoms with E-state index >= 15 is 0 Å². The van der Waals surface area contributed by atoms with Gasteiger partial charge < -0.3 is 14.8 Å². The zero-order valence-electron chi connectivity index (χ0n) is 18.8. The minimum absolute atomic E-state index is 0.00885.